The maximum atomic E-state index is 13.4. The summed E-state index contributed by atoms with van der Waals surface area (Å²) in [5.41, 5.74) is 1.28. The topological polar surface area (TPSA) is 104 Å². The number of ether oxygens (including phenoxy) is 5. The summed E-state index contributed by atoms with van der Waals surface area (Å²) in [5.74, 6) is 1.76. The van der Waals surface area contributed by atoms with E-state index in [1.165, 1.54) is 41.7 Å². The summed E-state index contributed by atoms with van der Waals surface area (Å²) in [6.07, 6.45) is 1.39. The van der Waals surface area contributed by atoms with Crippen LogP contribution in [0.4, 0.5) is 4.79 Å². The Hall–Kier alpha value is -3.88. The van der Waals surface area contributed by atoms with Crippen LogP contribution in [0, 0.1) is 0 Å². The number of hydrogen-bond donors (Lipinski definition) is 2. The van der Waals surface area contributed by atoms with Crippen molar-refractivity contribution < 1.29 is 33.3 Å². The van der Waals surface area contributed by atoms with Crippen LogP contribution in [0.2, 0.25) is 0 Å². The Morgan fingerprint density at radius 2 is 1.42 bits per heavy atom. The molecule has 1 unspecified atom stereocenters. The summed E-state index contributed by atoms with van der Waals surface area (Å²) < 4.78 is 26.6. The number of carbonyl (C=O) groups excluding carboxylic acids is 2. The van der Waals surface area contributed by atoms with Crippen LogP contribution in [0.3, 0.4) is 0 Å². The number of benzene rings is 2. The van der Waals surface area contributed by atoms with Crippen LogP contribution in [-0.4, -0.2) is 47.4 Å². The van der Waals surface area contributed by atoms with Gasteiger partial charge in [-0.2, -0.15) is 0 Å². The lowest BCUT2D eigenvalue weighted by molar-refractivity contribution is 0.102. The predicted molar refractivity (Wildman–Crippen MR) is 112 cm³/mol. The first-order valence-corrected chi connectivity index (χ1v) is 9.31. The zero-order chi connectivity index (χ0) is 22.5. The fraction of sp³-hybridized carbons (Fsp3) is 0.273. The number of methoxy groups -OCH3 is 5. The van der Waals surface area contributed by atoms with Gasteiger partial charge in [-0.1, -0.05) is 6.07 Å². The van der Waals surface area contributed by atoms with Crippen molar-refractivity contribution in [3.05, 3.63) is 53.2 Å². The van der Waals surface area contributed by atoms with Crippen molar-refractivity contribution in [1.29, 1.82) is 0 Å². The molecule has 0 spiro atoms. The molecule has 1 aliphatic heterocycles. The largest absolute Gasteiger partial charge is 0.493 e. The Morgan fingerprint density at radius 3 is 1.97 bits per heavy atom. The van der Waals surface area contributed by atoms with Crippen LogP contribution in [0.15, 0.2) is 42.1 Å². The molecule has 0 radical (unpaired) electrons. The zero-order valence-electron chi connectivity index (χ0n) is 17.9. The summed E-state index contributed by atoms with van der Waals surface area (Å²) >= 11 is 0. The van der Waals surface area contributed by atoms with Crippen molar-refractivity contribution in [3.8, 4) is 28.7 Å². The van der Waals surface area contributed by atoms with Gasteiger partial charge in [0, 0.05) is 17.3 Å². The highest BCUT2D eigenvalue weighted by atomic mass is 16.5. The third-order valence-corrected chi connectivity index (χ3v) is 4.88. The lowest BCUT2D eigenvalue weighted by Gasteiger charge is -2.26. The fourth-order valence-electron chi connectivity index (χ4n) is 3.35. The smallest absolute Gasteiger partial charge is 0.319 e. The Kier molecular flexibility index (Phi) is 6.54. The van der Waals surface area contributed by atoms with E-state index >= 15 is 0 Å². The Labute approximate surface area is 179 Å². The van der Waals surface area contributed by atoms with Crippen molar-refractivity contribution in [1.82, 2.24) is 10.6 Å². The van der Waals surface area contributed by atoms with Crippen LogP contribution < -0.4 is 34.3 Å². The number of hydrogen-bond acceptors (Lipinski definition) is 7. The second-order valence-electron chi connectivity index (χ2n) is 6.51. The highest BCUT2D eigenvalue weighted by Gasteiger charge is 2.30. The van der Waals surface area contributed by atoms with E-state index < -0.39 is 12.1 Å². The van der Waals surface area contributed by atoms with E-state index in [2.05, 4.69) is 10.6 Å². The van der Waals surface area contributed by atoms with Gasteiger partial charge in [0.15, 0.2) is 28.8 Å². The third kappa shape index (κ3) is 4.20. The van der Waals surface area contributed by atoms with Gasteiger partial charge in [0.25, 0.3) is 0 Å². The van der Waals surface area contributed by atoms with Crippen LogP contribution in [0.25, 0.3) is 0 Å². The first kappa shape index (κ1) is 21.8. The molecule has 0 fully saturated rings. The molecule has 31 heavy (non-hydrogen) atoms. The van der Waals surface area contributed by atoms with Crippen LogP contribution >= 0.6 is 0 Å². The van der Waals surface area contributed by atoms with Crippen molar-refractivity contribution in [3.63, 3.8) is 0 Å². The van der Waals surface area contributed by atoms with E-state index in [0.717, 1.165) is 0 Å². The molecule has 164 valence electrons. The van der Waals surface area contributed by atoms with E-state index in [1.807, 2.05) is 0 Å². The summed E-state index contributed by atoms with van der Waals surface area (Å²) in [4.78, 5) is 25.5. The van der Waals surface area contributed by atoms with Gasteiger partial charge in [0.2, 0.25) is 5.75 Å². The minimum atomic E-state index is -0.708. The molecule has 1 atom stereocenters. The van der Waals surface area contributed by atoms with Gasteiger partial charge in [-0.25, -0.2) is 4.79 Å². The molecule has 0 saturated heterocycles. The highest BCUT2D eigenvalue weighted by molar-refractivity contribution is 6.11. The second-order valence-corrected chi connectivity index (χ2v) is 6.51. The SMILES string of the molecule is COc1ccc(C2NC(=O)NC=C2C(=O)c2cc(OC)c(OC)c(OC)c2)cc1OC. The molecule has 2 N–H and O–H groups in total. The number of nitrogens with one attached hydrogen (secondary N) is 2. The molecule has 2 aromatic carbocycles. The summed E-state index contributed by atoms with van der Waals surface area (Å²) in [7, 11) is 7.47. The monoisotopic (exact) mass is 428 g/mol. The fourth-order valence-corrected chi connectivity index (χ4v) is 3.35. The van der Waals surface area contributed by atoms with Gasteiger partial charge in [-0.15, -0.1) is 0 Å². The number of rotatable bonds is 8. The first-order chi connectivity index (χ1) is 15.0. The molecule has 0 aliphatic carbocycles. The molecular weight excluding hydrogens is 404 g/mol. The Morgan fingerprint density at radius 1 is 0.806 bits per heavy atom. The predicted octanol–water partition coefficient (Wildman–Crippen LogP) is 2.85. The van der Waals surface area contributed by atoms with Crippen LogP contribution in [0.1, 0.15) is 22.0 Å². The van der Waals surface area contributed by atoms with Gasteiger partial charge in [-0.05, 0) is 29.8 Å². The molecule has 9 heteroatoms. The quantitative estimate of drug-likeness (QED) is 0.623. The number of carbonyl (C=O) groups is 2. The molecule has 2 amide bonds. The average Bonchev–Trinajstić information content (AvgIpc) is 2.81. The Bertz CT molecular complexity index is 1010. The molecule has 0 saturated carbocycles. The van der Waals surface area contributed by atoms with Crippen LogP contribution in [0.5, 0.6) is 28.7 Å². The maximum absolute atomic E-state index is 13.4. The van der Waals surface area contributed by atoms with Crippen LogP contribution in [-0.2, 0) is 0 Å². The second kappa shape index (κ2) is 9.29. The maximum Gasteiger partial charge on any atom is 0.319 e. The van der Waals surface area contributed by atoms with E-state index in [1.54, 1.807) is 30.3 Å². The Balaban J connectivity index is 2.06. The number of amides is 2. The average molecular weight is 428 g/mol. The summed E-state index contributed by atoms with van der Waals surface area (Å²) in [5, 5.41) is 5.32. The molecular formula is C22H24N2O7. The summed E-state index contributed by atoms with van der Waals surface area (Å²) in [6, 6.07) is 7.17. The van der Waals surface area contributed by atoms with Crippen molar-refractivity contribution in [2.45, 2.75) is 6.04 Å². The number of urea groups is 1. The molecule has 1 aliphatic rings. The van der Waals surface area contributed by atoms with E-state index in [-0.39, 0.29) is 5.78 Å². The number of Topliss-reactive ketones (excluding diaryl/α,β-unsaturated/α-hetero) is 1. The molecule has 3 rings (SSSR count). The lowest BCUT2D eigenvalue weighted by atomic mass is 9.91. The lowest BCUT2D eigenvalue weighted by Crippen LogP contribution is -2.42. The molecule has 2 aromatic rings. The minimum absolute atomic E-state index is 0.309. The van der Waals surface area contributed by atoms with Crippen molar-refractivity contribution in [2.24, 2.45) is 0 Å². The van der Waals surface area contributed by atoms with E-state index in [4.69, 9.17) is 23.7 Å². The summed E-state index contributed by atoms with van der Waals surface area (Å²) in [6.45, 7) is 0. The molecule has 0 bridgehead atoms. The van der Waals surface area contributed by atoms with Gasteiger partial charge in [0.05, 0.1) is 41.6 Å². The molecule has 9 nitrogen and oxygen atoms in total. The standard InChI is InChI=1S/C22H24N2O7/c1-27-15-7-6-12(8-16(15)28-2)19-14(11-23-22(26)24-19)20(25)13-9-17(29-3)21(31-5)18(10-13)30-4/h6-11,19H,1-5H3,(H2,23,24,26). The number of ketones is 1. The van der Waals surface area contributed by atoms with Gasteiger partial charge in [-0.3, -0.25) is 4.79 Å². The minimum Gasteiger partial charge on any atom is -0.493 e. The van der Waals surface area contributed by atoms with Crippen molar-refractivity contribution >= 4 is 11.8 Å². The van der Waals surface area contributed by atoms with Crippen molar-refractivity contribution in [2.75, 3.05) is 35.5 Å². The zero-order valence-corrected chi connectivity index (χ0v) is 17.9. The third-order valence-electron chi connectivity index (χ3n) is 4.88. The molecule has 0 aromatic heterocycles. The van der Waals surface area contributed by atoms with Gasteiger partial charge in [0.1, 0.15) is 0 Å². The molecule has 1 heterocycles. The normalized spacial score (nSPS) is 15.2. The highest BCUT2D eigenvalue weighted by Crippen LogP contribution is 2.40. The van der Waals surface area contributed by atoms with E-state index in [0.29, 0.717) is 45.4 Å². The van der Waals surface area contributed by atoms with E-state index in [9.17, 15) is 9.59 Å². The van der Waals surface area contributed by atoms with Gasteiger partial charge >= 0.3 is 6.03 Å². The van der Waals surface area contributed by atoms with Gasteiger partial charge < -0.3 is 34.3 Å². The first-order valence-electron chi connectivity index (χ1n) is 9.31.